The number of ether oxygens (including phenoxy) is 2. The van der Waals surface area contributed by atoms with Crippen molar-refractivity contribution in [2.24, 2.45) is 0 Å². The molecule has 1 heterocycles. The van der Waals surface area contributed by atoms with Crippen LogP contribution in [0.4, 0.5) is 0 Å². The summed E-state index contributed by atoms with van der Waals surface area (Å²) < 4.78 is 15.0. The van der Waals surface area contributed by atoms with Crippen molar-refractivity contribution in [2.45, 2.75) is 0 Å². The summed E-state index contributed by atoms with van der Waals surface area (Å²) in [4.78, 5) is 32.2. The fraction of sp³-hybridized carbons (Fsp3) is 0.154. The predicted octanol–water partition coefficient (Wildman–Crippen LogP) is 0.720. The topological polar surface area (TPSA) is 123 Å². The number of carbonyl (C=O) groups is 2. The average molecular weight is 294 g/mol. The molecule has 0 atom stereocenters. The number of rotatable bonds is 6. The average Bonchev–Trinajstić information content (AvgIpc) is 2.42. The molecule has 0 saturated heterocycles. The lowest BCUT2D eigenvalue weighted by Gasteiger charge is -2.11. The van der Waals surface area contributed by atoms with Gasteiger partial charge in [-0.05, 0) is 12.1 Å². The molecule has 0 amide bonds. The second-order valence-corrected chi connectivity index (χ2v) is 3.96. The summed E-state index contributed by atoms with van der Waals surface area (Å²) in [5, 5.41) is 17.7. The summed E-state index contributed by atoms with van der Waals surface area (Å²) in [5.74, 6) is -2.40. The number of hydrogen-bond acceptors (Lipinski definition) is 6. The normalized spacial score (nSPS) is 10.3. The first-order valence-electron chi connectivity index (χ1n) is 5.73. The molecule has 0 fully saturated rings. The maximum absolute atomic E-state index is 11.2. The Bertz CT molecular complexity index is 745. The number of carboxylic acids is 2. The van der Waals surface area contributed by atoms with E-state index in [1.54, 1.807) is 0 Å². The van der Waals surface area contributed by atoms with Gasteiger partial charge in [-0.1, -0.05) is 0 Å². The molecule has 1 aromatic carbocycles. The molecule has 0 aliphatic heterocycles. The fourth-order valence-corrected chi connectivity index (χ4v) is 1.58. The Hall–Kier alpha value is -3.03. The molecule has 2 aromatic rings. The summed E-state index contributed by atoms with van der Waals surface area (Å²) in [6, 6.07) is 5.34. The Kier molecular flexibility index (Phi) is 4.07. The molecule has 2 N–H and O–H groups in total. The van der Waals surface area contributed by atoms with E-state index in [-0.39, 0.29) is 17.1 Å². The second kappa shape index (κ2) is 5.95. The summed E-state index contributed by atoms with van der Waals surface area (Å²) >= 11 is 0. The van der Waals surface area contributed by atoms with Crippen molar-refractivity contribution in [3.8, 4) is 11.5 Å². The van der Waals surface area contributed by atoms with E-state index in [0.717, 1.165) is 0 Å². The molecule has 0 bridgehead atoms. The summed E-state index contributed by atoms with van der Waals surface area (Å²) in [7, 11) is 0. The fourth-order valence-electron chi connectivity index (χ4n) is 1.58. The molecular weight excluding hydrogens is 284 g/mol. The minimum Gasteiger partial charge on any atom is -0.479 e. The molecule has 8 nitrogen and oxygen atoms in total. The number of hydrogen-bond donors (Lipinski definition) is 2. The minimum absolute atomic E-state index is 0.0273. The number of carboxylic acid groups (broad SMARTS) is 2. The van der Waals surface area contributed by atoms with E-state index in [2.05, 4.69) is 0 Å². The van der Waals surface area contributed by atoms with E-state index < -0.39 is 30.8 Å². The Labute approximate surface area is 117 Å². The van der Waals surface area contributed by atoms with Gasteiger partial charge in [-0.25, -0.2) is 14.4 Å². The molecule has 2 rings (SSSR count). The van der Waals surface area contributed by atoms with Gasteiger partial charge in [0, 0.05) is 17.5 Å². The van der Waals surface area contributed by atoms with Crippen LogP contribution in [0.1, 0.15) is 0 Å². The molecule has 1 aromatic heterocycles. The lowest BCUT2D eigenvalue weighted by molar-refractivity contribution is -0.140. The molecule has 8 heteroatoms. The lowest BCUT2D eigenvalue weighted by atomic mass is 10.2. The van der Waals surface area contributed by atoms with Gasteiger partial charge in [0.25, 0.3) is 0 Å². The van der Waals surface area contributed by atoms with Crippen LogP contribution in [0.2, 0.25) is 0 Å². The highest BCUT2D eigenvalue weighted by Gasteiger charge is 2.12. The first-order chi connectivity index (χ1) is 9.95. The van der Waals surface area contributed by atoms with Crippen LogP contribution in [0.3, 0.4) is 0 Å². The Morgan fingerprint density at radius 1 is 1.00 bits per heavy atom. The van der Waals surface area contributed by atoms with Crippen molar-refractivity contribution in [1.82, 2.24) is 0 Å². The van der Waals surface area contributed by atoms with E-state index in [1.807, 2.05) is 0 Å². The van der Waals surface area contributed by atoms with Crippen LogP contribution in [0.15, 0.2) is 33.5 Å². The summed E-state index contributed by atoms with van der Waals surface area (Å²) in [6.45, 7) is -1.27. The van der Waals surface area contributed by atoms with Gasteiger partial charge in [-0.15, -0.1) is 0 Å². The van der Waals surface area contributed by atoms with E-state index in [9.17, 15) is 14.4 Å². The van der Waals surface area contributed by atoms with E-state index in [0.29, 0.717) is 5.39 Å². The zero-order valence-electron chi connectivity index (χ0n) is 10.6. The minimum atomic E-state index is -1.21. The summed E-state index contributed by atoms with van der Waals surface area (Å²) in [5.41, 5.74) is -0.406. The van der Waals surface area contributed by atoms with Gasteiger partial charge in [0.05, 0.1) is 0 Å². The van der Waals surface area contributed by atoms with Gasteiger partial charge in [0.2, 0.25) is 0 Å². The zero-order chi connectivity index (χ0) is 15.4. The van der Waals surface area contributed by atoms with E-state index >= 15 is 0 Å². The third-order valence-corrected chi connectivity index (χ3v) is 2.39. The monoisotopic (exact) mass is 294 g/mol. The van der Waals surface area contributed by atoms with Gasteiger partial charge >= 0.3 is 17.6 Å². The van der Waals surface area contributed by atoms with Gasteiger partial charge in [0.15, 0.2) is 24.7 Å². The molecule has 21 heavy (non-hydrogen) atoms. The van der Waals surface area contributed by atoms with Crippen LogP contribution in [0.25, 0.3) is 11.0 Å². The highest BCUT2D eigenvalue weighted by molar-refractivity contribution is 5.81. The SMILES string of the molecule is O=C(O)COc1cc2ccc(=O)oc2cc1OCC(=O)O. The van der Waals surface area contributed by atoms with Crippen LogP contribution in [-0.4, -0.2) is 35.4 Å². The molecular formula is C13H10O8. The van der Waals surface area contributed by atoms with Crippen molar-refractivity contribution < 1.29 is 33.7 Å². The molecule has 0 aliphatic carbocycles. The largest absolute Gasteiger partial charge is 0.479 e. The maximum Gasteiger partial charge on any atom is 0.341 e. The highest BCUT2D eigenvalue weighted by atomic mass is 16.5. The first kappa shape index (κ1) is 14.4. The van der Waals surface area contributed by atoms with Gasteiger partial charge in [-0.3, -0.25) is 0 Å². The van der Waals surface area contributed by atoms with Gasteiger partial charge in [0.1, 0.15) is 5.58 Å². The lowest BCUT2D eigenvalue weighted by Crippen LogP contribution is -2.13. The first-order valence-corrected chi connectivity index (χ1v) is 5.73. The Morgan fingerprint density at radius 3 is 2.14 bits per heavy atom. The second-order valence-electron chi connectivity index (χ2n) is 3.96. The van der Waals surface area contributed by atoms with Crippen LogP contribution in [-0.2, 0) is 9.59 Å². The van der Waals surface area contributed by atoms with Crippen molar-refractivity contribution in [3.05, 3.63) is 34.7 Å². The summed E-state index contributed by atoms with van der Waals surface area (Å²) in [6.07, 6.45) is 0. The third-order valence-electron chi connectivity index (χ3n) is 2.39. The molecule has 0 aliphatic rings. The standard InChI is InChI=1S/C13H10O8/c14-11(15)5-19-9-3-7-1-2-13(18)21-8(7)4-10(9)20-6-12(16)17/h1-4H,5-6H2,(H,14,15)(H,16,17). The van der Waals surface area contributed by atoms with Crippen molar-refractivity contribution in [3.63, 3.8) is 0 Å². The third kappa shape index (κ3) is 3.72. The Balaban J connectivity index is 2.42. The van der Waals surface area contributed by atoms with Gasteiger partial charge in [-0.2, -0.15) is 0 Å². The number of benzene rings is 1. The number of aliphatic carboxylic acids is 2. The molecule has 0 unspecified atom stereocenters. The maximum atomic E-state index is 11.2. The van der Waals surface area contributed by atoms with Crippen LogP contribution >= 0.6 is 0 Å². The van der Waals surface area contributed by atoms with Gasteiger partial charge < -0.3 is 24.1 Å². The van der Waals surface area contributed by atoms with Crippen LogP contribution in [0, 0.1) is 0 Å². The number of fused-ring (bicyclic) bond motifs is 1. The molecule has 0 spiro atoms. The molecule has 110 valence electrons. The van der Waals surface area contributed by atoms with E-state index in [4.69, 9.17) is 24.1 Å². The van der Waals surface area contributed by atoms with Crippen molar-refractivity contribution in [2.75, 3.05) is 13.2 Å². The zero-order valence-corrected chi connectivity index (χ0v) is 10.6. The quantitative estimate of drug-likeness (QED) is 0.747. The Morgan fingerprint density at radius 2 is 1.57 bits per heavy atom. The highest BCUT2D eigenvalue weighted by Crippen LogP contribution is 2.32. The van der Waals surface area contributed by atoms with Crippen LogP contribution < -0.4 is 15.1 Å². The van der Waals surface area contributed by atoms with E-state index in [1.165, 1.54) is 24.3 Å². The smallest absolute Gasteiger partial charge is 0.341 e. The van der Waals surface area contributed by atoms with Crippen molar-refractivity contribution >= 4 is 22.9 Å². The predicted molar refractivity (Wildman–Crippen MR) is 68.7 cm³/mol. The van der Waals surface area contributed by atoms with Crippen molar-refractivity contribution in [1.29, 1.82) is 0 Å². The molecule has 0 saturated carbocycles. The molecule has 0 radical (unpaired) electrons. The van der Waals surface area contributed by atoms with Crippen LogP contribution in [0.5, 0.6) is 11.5 Å².